The van der Waals surface area contributed by atoms with E-state index in [9.17, 15) is 0 Å². The first-order valence-corrected chi connectivity index (χ1v) is 5.92. The molecule has 0 aliphatic rings. The van der Waals surface area contributed by atoms with Crippen LogP contribution in [0.1, 0.15) is 11.3 Å². The molecule has 0 atom stereocenters. The Morgan fingerprint density at radius 3 is 2.41 bits per heavy atom. The highest BCUT2D eigenvalue weighted by Gasteiger charge is 2.05. The molecule has 1 heterocycles. The topological polar surface area (TPSA) is 13.1 Å². The Morgan fingerprint density at radius 2 is 1.53 bits per heavy atom. The van der Waals surface area contributed by atoms with Crippen LogP contribution in [0.5, 0.6) is 0 Å². The van der Waals surface area contributed by atoms with E-state index in [0.717, 1.165) is 18.6 Å². The zero-order valence-corrected chi connectivity index (χ0v) is 9.60. The van der Waals surface area contributed by atoms with E-state index < -0.39 is 0 Å². The fourth-order valence-electron chi connectivity index (χ4n) is 2.15. The molecule has 84 valence electrons. The molecule has 0 fully saturated rings. The third-order valence-electron chi connectivity index (χ3n) is 3.07. The van der Waals surface area contributed by atoms with Gasteiger partial charge in [0.15, 0.2) is 0 Å². The minimum Gasteiger partial charge on any atom is -0.468 e. The summed E-state index contributed by atoms with van der Waals surface area (Å²) in [5, 5.41) is 2.43. The van der Waals surface area contributed by atoms with Crippen molar-refractivity contribution in [2.75, 3.05) is 0 Å². The number of aryl methyl sites for hydroxylation is 2. The second-order valence-corrected chi connectivity index (χ2v) is 4.23. The van der Waals surface area contributed by atoms with Crippen LogP contribution in [0.3, 0.4) is 0 Å². The van der Waals surface area contributed by atoms with E-state index >= 15 is 0 Å². The summed E-state index contributed by atoms with van der Waals surface area (Å²) in [4.78, 5) is 0. The molecule has 3 rings (SSSR count). The third-order valence-corrected chi connectivity index (χ3v) is 3.07. The van der Waals surface area contributed by atoms with Crippen molar-refractivity contribution >= 4 is 10.8 Å². The van der Waals surface area contributed by atoms with Crippen molar-refractivity contribution in [3.8, 4) is 0 Å². The number of furan rings is 1. The van der Waals surface area contributed by atoms with E-state index in [1.54, 1.807) is 0 Å². The van der Waals surface area contributed by atoms with Gasteiger partial charge < -0.3 is 4.42 Å². The van der Waals surface area contributed by atoms with Crippen LogP contribution in [0.15, 0.2) is 65.3 Å². The summed E-state index contributed by atoms with van der Waals surface area (Å²) in [5.74, 6) is 1.09. The summed E-state index contributed by atoms with van der Waals surface area (Å²) in [6.45, 7) is 0. The standard InChI is InChI=1S/C16H14O/c1-2-6-13(7-3-1)10-11-16-15-9-5-4-8-14(15)12-17-16/h1-9,12H,10-11H2. The number of hydrogen-bond donors (Lipinski definition) is 0. The molecule has 0 aliphatic heterocycles. The van der Waals surface area contributed by atoms with Gasteiger partial charge in [0.2, 0.25) is 0 Å². The Balaban J connectivity index is 1.82. The number of fused-ring (bicyclic) bond motifs is 1. The van der Waals surface area contributed by atoms with E-state index in [1.807, 2.05) is 18.4 Å². The maximum absolute atomic E-state index is 5.64. The molecule has 17 heavy (non-hydrogen) atoms. The maximum atomic E-state index is 5.64. The molecular weight excluding hydrogens is 208 g/mol. The van der Waals surface area contributed by atoms with Crippen molar-refractivity contribution in [1.82, 2.24) is 0 Å². The minimum atomic E-state index is 0.956. The molecule has 0 saturated heterocycles. The molecule has 0 spiro atoms. The van der Waals surface area contributed by atoms with E-state index in [2.05, 4.69) is 42.5 Å². The Labute approximate surface area is 101 Å². The first-order valence-electron chi connectivity index (χ1n) is 5.92. The minimum absolute atomic E-state index is 0.956. The Morgan fingerprint density at radius 1 is 0.765 bits per heavy atom. The van der Waals surface area contributed by atoms with Crippen molar-refractivity contribution in [2.24, 2.45) is 0 Å². The van der Waals surface area contributed by atoms with Gasteiger partial charge >= 0.3 is 0 Å². The number of benzene rings is 2. The lowest BCUT2D eigenvalue weighted by atomic mass is 10.1. The molecule has 1 heteroatoms. The van der Waals surface area contributed by atoms with Gasteiger partial charge in [-0.1, -0.05) is 54.6 Å². The summed E-state index contributed by atoms with van der Waals surface area (Å²) < 4.78 is 5.64. The zero-order chi connectivity index (χ0) is 11.5. The van der Waals surface area contributed by atoms with Crippen molar-refractivity contribution < 1.29 is 4.42 Å². The van der Waals surface area contributed by atoms with Gasteiger partial charge in [-0.3, -0.25) is 0 Å². The zero-order valence-electron chi connectivity index (χ0n) is 9.60. The molecule has 0 amide bonds. The van der Waals surface area contributed by atoms with Crippen LogP contribution in [0.4, 0.5) is 0 Å². The first kappa shape index (κ1) is 10.2. The number of rotatable bonds is 3. The highest BCUT2D eigenvalue weighted by molar-refractivity contribution is 5.83. The highest BCUT2D eigenvalue weighted by Crippen LogP contribution is 2.21. The van der Waals surface area contributed by atoms with Gasteiger partial charge in [-0.15, -0.1) is 0 Å². The van der Waals surface area contributed by atoms with Gasteiger partial charge in [0.25, 0.3) is 0 Å². The van der Waals surface area contributed by atoms with Gasteiger partial charge in [-0.05, 0) is 12.0 Å². The predicted octanol–water partition coefficient (Wildman–Crippen LogP) is 4.22. The van der Waals surface area contributed by atoms with Crippen molar-refractivity contribution in [3.05, 3.63) is 72.2 Å². The van der Waals surface area contributed by atoms with Crippen molar-refractivity contribution in [3.63, 3.8) is 0 Å². The lowest BCUT2D eigenvalue weighted by Gasteiger charge is -1.99. The normalized spacial score (nSPS) is 10.8. The Hall–Kier alpha value is -2.02. The van der Waals surface area contributed by atoms with Gasteiger partial charge in [-0.2, -0.15) is 0 Å². The van der Waals surface area contributed by atoms with Gasteiger partial charge in [0, 0.05) is 17.2 Å². The van der Waals surface area contributed by atoms with Crippen LogP contribution < -0.4 is 0 Å². The molecular formula is C16H14O. The second-order valence-electron chi connectivity index (χ2n) is 4.23. The lowest BCUT2D eigenvalue weighted by Crippen LogP contribution is -1.89. The van der Waals surface area contributed by atoms with Gasteiger partial charge in [0.1, 0.15) is 5.76 Å². The van der Waals surface area contributed by atoms with Gasteiger partial charge in [0.05, 0.1) is 6.26 Å². The Bertz CT molecular complexity index is 608. The quantitative estimate of drug-likeness (QED) is 0.646. The molecule has 0 N–H and O–H groups in total. The third kappa shape index (κ3) is 2.09. The molecule has 0 aliphatic carbocycles. The number of hydrogen-bond acceptors (Lipinski definition) is 1. The SMILES string of the molecule is c1ccc(CCc2occ3ccccc23)cc1. The van der Waals surface area contributed by atoms with Crippen molar-refractivity contribution in [2.45, 2.75) is 12.8 Å². The average Bonchev–Trinajstić information content (AvgIpc) is 2.81. The monoisotopic (exact) mass is 222 g/mol. The van der Waals surface area contributed by atoms with Crippen LogP contribution in [-0.4, -0.2) is 0 Å². The molecule has 0 saturated carbocycles. The average molecular weight is 222 g/mol. The van der Waals surface area contributed by atoms with E-state index in [-0.39, 0.29) is 0 Å². The maximum Gasteiger partial charge on any atom is 0.111 e. The molecule has 0 bridgehead atoms. The first-order chi connectivity index (χ1) is 8.43. The smallest absolute Gasteiger partial charge is 0.111 e. The second kappa shape index (κ2) is 4.46. The summed E-state index contributed by atoms with van der Waals surface area (Å²) in [6, 6.07) is 18.8. The molecule has 2 aromatic carbocycles. The van der Waals surface area contributed by atoms with Crippen LogP contribution in [0.25, 0.3) is 10.8 Å². The molecule has 0 unspecified atom stereocenters. The molecule has 1 nitrogen and oxygen atoms in total. The summed E-state index contributed by atoms with van der Waals surface area (Å²) in [6.07, 6.45) is 3.82. The Kier molecular flexibility index (Phi) is 2.66. The van der Waals surface area contributed by atoms with Crippen LogP contribution in [0, 0.1) is 0 Å². The molecule has 0 radical (unpaired) electrons. The van der Waals surface area contributed by atoms with E-state index in [4.69, 9.17) is 4.42 Å². The van der Waals surface area contributed by atoms with E-state index in [1.165, 1.54) is 16.3 Å². The summed E-state index contributed by atoms with van der Waals surface area (Å²) in [5.41, 5.74) is 1.35. The lowest BCUT2D eigenvalue weighted by molar-refractivity contribution is 0.514. The summed E-state index contributed by atoms with van der Waals surface area (Å²) in [7, 11) is 0. The fraction of sp³-hybridized carbons (Fsp3) is 0.125. The summed E-state index contributed by atoms with van der Waals surface area (Å²) >= 11 is 0. The van der Waals surface area contributed by atoms with Crippen molar-refractivity contribution in [1.29, 1.82) is 0 Å². The highest BCUT2D eigenvalue weighted by atomic mass is 16.3. The fourth-order valence-corrected chi connectivity index (χ4v) is 2.15. The van der Waals surface area contributed by atoms with Crippen LogP contribution in [-0.2, 0) is 12.8 Å². The molecule has 3 aromatic rings. The predicted molar refractivity (Wildman–Crippen MR) is 70.1 cm³/mol. The molecule has 1 aromatic heterocycles. The van der Waals surface area contributed by atoms with E-state index in [0.29, 0.717) is 0 Å². The van der Waals surface area contributed by atoms with Gasteiger partial charge in [-0.25, -0.2) is 0 Å². The van der Waals surface area contributed by atoms with Crippen LogP contribution >= 0.6 is 0 Å². The van der Waals surface area contributed by atoms with Crippen LogP contribution in [0.2, 0.25) is 0 Å². The largest absolute Gasteiger partial charge is 0.468 e.